The predicted octanol–water partition coefficient (Wildman–Crippen LogP) is 13.0. The molecule has 0 bridgehead atoms. The fourth-order valence-corrected chi connectivity index (χ4v) is 6.26. The largest absolute Gasteiger partial charge is 0.447 e. The van der Waals surface area contributed by atoms with E-state index in [1.807, 2.05) is 37.3 Å². The van der Waals surface area contributed by atoms with Gasteiger partial charge in [0, 0.05) is 13.5 Å². The van der Waals surface area contributed by atoms with Gasteiger partial charge in [0.15, 0.2) is 11.7 Å². The molecule has 0 aliphatic carbocycles. The summed E-state index contributed by atoms with van der Waals surface area (Å²) in [6, 6.07) is 14.2. The van der Waals surface area contributed by atoms with Crippen LogP contribution in [0.5, 0.6) is 0 Å². The second kappa shape index (κ2) is 25.7. The topological polar surface area (TPSA) is 35.5 Å². The van der Waals surface area contributed by atoms with Crippen LogP contribution in [0.25, 0.3) is 10.8 Å². The summed E-state index contributed by atoms with van der Waals surface area (Å²) in [5, 5.41) is 2.22. The van der Waals surface area contributed by atoms with Gasteiger partial charge in [-0.1, -0.05) is 191 Å². The van der Waals surface area contributed by atoms with Crippen molar-refractivity contribution in [1.82, 2.24) is 0 Å². The molecule has 0 N–H and O–H groups in total. The molecule has 0 amide bonds. The molecule has 0 spiro atoms. The molecule has 0 fully saturated rings. The molecule has 2 atom stereocenters. The van der Waals surface area contributed by atoms with E-state index in [9.17, 15) is 4.79 Å². The number of hydrogen-bond donors (Lipinski definition) is 0. The van der Waals surface area contributed by atoms with Gasteiger partial charge in [-0.05, 0) is 48.6 Å². The van der Waals surface area contributed by atoms with E-state index in [4.69, 9.17) is 9.47 Å². The van der Waals surface area contributed by atoms with Gasteiger partial charge in [0.25, 0.3) is 0 Å². The maximum atomic E-state index is 13.6. The molecule has 0 heterocycles. The number of fused-ring (bicyclic) bond motifs is 1. The molecule has 2 rings (SSSR count). The number of methoxy groups -OCH3 is 1. The van der Waals surface area contributed by atoms with Crippen molar-refractivity contribution >= 4 is 16.7 Å². The molecule has 0 aliphatic heterocycles. The molecule has 2 aromatic carbocycles. The predicted molar refractivity (Wildman–Crippen MR) is 198 cm³/mol. The van der Waals surface area contributed by atoms with Gasteiger partial charge < -0.3 is 9.47 Å². The number of esters is 1. The molecule has 3 nitrogen and oxygen atoms in total. The van der Waals surface area contributed by atoms with Crippen LogP contribution in [0.2, 0.25) is 0 Å². The van der Waals surface area contributed by atoms with Gasteiger partial charge in [0.05, 0.1) is 0 Å². The summed E-state index contributed by atoms with van der Waals surface area (Å²) in [7, 11) is 1.59. The number of unbranched alkanes of at least 4 members (excludes halogenated alkanes) is 21. The summed E-state index contributed by atoms with van der Waals surface area (Å²) < 4.78 is 11.9. The number of carbonyl (C=O) groups excluding carboxylic acids is 1. The van der Waals surface area contributed by atoms with E-state index in [0.29, 0.717) is 0 Å². The van der Waals surface area contributed by atoms with Crippen molar-refractivity contribution in [3.63, 3.8) is 0 Å². The quantitative estimate of drug-likeness (QED) is 0.0558. The summed E-state index contributed by atoms with van der Waals surface area (Å²) in [6.07, 6.45) is 30.4. The standard InChI is InChI=1S/C43H68O3/c1-5-7-9-11-13-14-15-16-17-18-19-20-21-22-24-26-28-34-41(33-27-25-23-12-10-8-6-2)46-42(44)43(3,45-4)40-36-35-38-31-29-30-32-39(38)37-40/h29-32,35-37,41H,5-26,28,34H2,1-4H3/t41-,43+/m1/s1. The lowest BCUT2D eigenvalue weighted by Gasteiger charge is -2.28. The van der Waals surface area contributed by atoms with Gasteiger partial charge in [0.2, 0.25) is 0 Å². The van der Waals surface area contributed by atoms with E-state index in [2.05, 4.69) is 37.8 Å². The number of carbonyl (C=O) groups is 1. The van der Waals surface area contributed by atoms with Crippen molar-refractivity contribution in [2.75, 3.05) is 7.11 Å². The van der Waals surface area contributed by atoms with Crippen LogP contribution in [0, 0.1) is 11.8 Å². The number of rotatable bonds is 27. The summed E-state index contributed by atoms with van der Waals surface area (Å²) in [5.41, 5.74) is -0.377. The van der Waals surface area contributed by atoms with Crippen LogP contribution >= 0.6 is 0 Å². The van der Waals surface area contributed by atoms with Gasteiger partial charge in [-0.25, -0.2) is 4.79 Å². The fraction of sp³-hybridized carbons (Fsp3) is 0.698. The van der Waals surface area contributed by atoms with Gasteiger partial charge in [-0.15, -0.1) is 0 Å². The van der Waals surface area contributed by atoms with Crippen LogP contribution in [0.15, 0.2) is 42.5 Å². The molecule has 258 valence electrons. The van der Waals surface area contributed by atoms with Crippen LogP contribution in [0.4, 0.5) is 0 Å². The molecule has 0 saturated heterocycles. The van der Waals surface area contributed by atoms with Gasteiger partial charge in [-0.2, -0.15) is 0 Å². The van der Waals surface area contributed by atoms with Crippen molar-refractivity contribution in [2.45, 2.75) is 187 Å². The van der Waals surface area contributed by atoms with E-state index in [0.717, 1.165) is 48.4 Å². The Labute approximate surface area is 284 Å². The summed E-state index contributed by atoms with van der Waals surface area (Å²) >= 11 is 0. The smallest absolute Gasteiger partial charge is 0.344 e. The number of hydrogen-bond acceptors (Lipinski definition) is 3. The van der Waals surface area contributed by atoms with E-state index in [1.165, 1.54) is 122 Å². The van der Waals surface area contributed by atoms with Crippen LogP contribution in [-0.2, 0) is 19.9 Å². The number of ether oxygens (including phenoxy) is 2. The van der Waals surface area contributed by atoms with Crippen molar-refractivity contribution in [3.05, 3.63) is 48.0 Å². The minimum atomic E-state index is -1.18. The molecule has 0 aliphatic rings. The molecule has 0 aromatic heterocycles. The zero-order valence-corrected chi connectivity index (χ0v) is 30.3. The lowest BCUT2D eigenvalue weighted by Crippen LogP contribution is -2.38. The fourth-order valence-electron chi connectivity index (χ4n) is 6.26. The Morgan fingerprint density at radius 3 is 1.65 bits per heavy atom. The second-order valence-corrected chi connectivity index (χ2v) is 13.6. The minimum Gasteiger partial charge on any atom is -0.447 e. The van der Waals surface area contributed by atoms with Crippen LogP contribution < -0.4 is 0 Å². The van der Waals surface area contributed by atoms with Crippen LogP contribution in [0.1, 0.15) is 180 Å². The molecule has 0 radical (unpaired) electrons. The average molecular weight is 633 g/mol. The Balaban J connectivity index is 1.74. The molecule has 2 aromatic rings. The molecule has 3 heteroatoms. The normalized spacial score (nSPS) is 13.2. The SMILES string of the molecule is CCCCCCCC#C[C@H](CCCCCCCCCCCCCCCCCCC)OC(=O)[C@@](C)(OC)c1ccc2ccccc2c1. The number of benzene rings is 2. The Kier molecular flexibility index (Phi) is 22.3. The third-order valence-electron chi connectivity index (χ3n) is 9.59. The third kappa shape index (κ3) is 16.5. The zero-order chi connectivity index (χ0) is 33.1. The van der Waals surface area contributed by atoms with Gasteiger partial charge in [-0.3, -0.25) is 0 Å². The first-order valence-corrected chi connectivity index (χ1v) is 19.3. The molecule has 0 unspecified atom stereocenters. The Morgan fingerprint density at radius 1 is 0.652 bits per heavy atom. The maximum Gasteiger partial charge on any atom is 0.344 e. The Morgan fingerprint density at radius 2 is 1.13 bits per heavy atom. The highest BCUT2D eigenvalue weighted by molar-refractivity contribution is 5.87. The van der Waals surface area contributed by atoms with Crippen molar-refractivity contribution in [3.8, 4) is 11.8 Å². The van der Waals surface area contributed by atoms with E-state index in [-0.39, 0.29) is 5.97 Å². The highest BCUT2D eigenvalue weighted by atomic mass is 16.6. The average Bonchev–Trinajstić information content (AvgIpc) is 3.08. The first kappa shape index (κ1) is 39.9. The highest BCUT2D eigenvalue weighted by Gasteiger charge is 2.38. The zero-order valence-electron chi connectivity index (χ0n) is 30.3. The Bertz CT molecular complexity index is 1110. The van der Waals surface area contributed by atoms with Crippen molar-refractivity contribution in [2.24, 2.45) is 0 Å². The Hall–Kier alpha value is -2.31. The maximum absolute atomic E-state index is 13.6. The summed E-state index contributed by atoms with van der Waals surface area (Å²) in [6.45, 7) is 6.34. The molecular weight excluding hydrogens is 564 g/mol. The first-order valence-electron chi connectivity index (χ1n) is 19.3. The monoisotopic (exact) mass is 633 g/mol. The molecule has 46 heavy (non-hydrogen) atoms. The first-order chi connectivity index (χ1) is 22.5. The third-order valence-corrected chi connectivity index (χ3v) is 9.59. The van der Waals surface area contributed by atoms with Crippen LogP contribution in [0.3, 0.4) is 0 Å². The van der Waals surface area contributed by atoms with Gasteiger partial charge >= 0.3 is 5.97 Å². The molecule has 0 saturated carbocycles. The van der Waals surface area contributed by atoms with E-state index >= 15 is 0 Å². The lowest BCUT2D eigenvalue weighted by molar-refractivity contribution is -0.171. The molecular formula is C43H68O3. The van der Waals surface area contributed by atoms with E-state index in [1.54, 1.807) is 7.11 Å². The lowest BCUT2D eigenvalue weighted by atomic mass is 9.93. The highest BCUT2D eigenvalue weighted by Crippen LogP contribution is 2.30. The minimum absolute atomic E-state index is 0.362. The van der Waals surface area contributed by atoms with E-state index < -0.39 is 11.7 Å². The van der Waals surface area contributed by atoms with Gasteiger partial charge in [0.1, 0.15) is 0 Å². The van der Waals surface area contributed by atoms with Crippen LogP contribution in [-0.4, -0.2) is 19.2 Å². The summed E-state index contributed by atoms with van der Waals surface area (Å²) in [4.78, 5) is 13.6. The summed E-state index contributed by atoms with van der Waals surface area (Å²) in [5.74, 6) is 6.30. The van der Waals surface area contributed by atoms with Crippen molar-refractivity contribution < 1.29 is 14.3 Å². The van der Waals surface area contributed by atoms with Crippen molar-refractivity contribution in [1.29, 1.82) is 0 Å². The second-order valence-electron chi connectivity index (χ2n) is 13.6.